The van der Waals surface area contributed by atoms with Crippen LogP contribution in [-0.2, 0) is 39.9 Å². The van der Waals surface area contributed by atoms with Gasteiger partial charge in [-0.25, -0.2) is 4.79 Å². The number of ketones is 1. The smallest absolute Gasteiger partial charge is 0.328 e. The molecule has 0 saturated carbocycles. The number of carboxylic acid groups (broad SMARTS) is 1. The number of ether oxygens (including phenoxy) is 3. The number of hydrogen-bond acceptors (Lipinski definition) is 8. The minimum atomic E-state index is -1.39. The highest BCUT2D eigenvalue weighted by atomic mass is 16.5. The van der Waals surface area contributed by atoms with Gasteiger partial charge in [0.05, 0.1) is 25.6 Å². The molecule has 50 heavy (non-hydrogen) atoms. The summed E-state index contributed by atoms with van der Waals surface area (Å²) in [5.41, 5.74) is 0.711. The van der Waals surface area contributed by atoms with Crippen LogP contribution in [0.4, 0.5) is 0 Å². The SMILES string of the molecule is CC#CCOc1ccc(C[C@H](NC(=O)[C@@H](/C=C/CCCCCCC(=O)CCCCCCC)[C@@H](CC(=O)NCCOC)C(=O)O)C(=O)OC)cc1. The van der Waals surface area contributed by atoms with Gasteiger partial charge in [-0.2, -0.15) is 0 Å². The molecule has 0 aliphatic heterocycles. The molecule has 278 valence electrons. The van der Waals surface area contributed by atoms with Crippen LogP contribution in [-0.4, -0.2) is 74.7 Å². The van der Waals surface area contributed by atoms with Crippen molar-refractivity contribution in [1.29, 1.82) is 0 Å². The molecule has 0 aliphatic carbocycles. The summed E-state index contributed by atoms with van der Waals surface area (Å²) < 4.78 is 15.4. The summed E-state index contributed by atoms with van der Waals surface area (Å²) >= 11 is 0. The van der Waals surface area contributed by atoms with Crippen LogP contribution in [0.3, 0.4) is 0 Å². The molecule has 1 aromatic carbocycles. The number of carbonyl (C=O) groups excluding carboxylic acids is 4. The first kappa shape index (κ1) is 43.9. The minimum Gasteiger partial charge on any atom is -0.481 e. The zero-order valence-electron chi connectivity index (χ0n) is 30.4. The first-order valence-corrected chi connectivity index (χ1v) is 17.8. The molecule has 0 saturated heterocycles. The summed E-state index contributed by atoms with van der Waals surface area (Å²) in [7, 11) is 2.69. The number of amides is 2. The van der Waals surface area contributed by atoms with Gasteiger partial charge in [-0.15, -0.1) is 5.92 Å². The summed E-state index contributed by atoms with van der Waals surface area (Å²) in [6.45, 7) is 4.57. The maximum atomic E-state index is 13.7. The molecular formula is C39H58N2O9. The summed E-state index contributed by atoms with van der Waals surface area (Å²) in [6, 6.07) is 5.85. The molecule has 11 heteroatoms. The Balaban J connectivity index is 2.93. The molecule has 0 fully saturated rings. The van der Waals surface area contributed by atoms with E-state index in [1.165, 1.54) is 39.6 Å². The van der Waals surface area contributed by atoms with Crippen LogP contribution in [0, 0.1) is 23.7 Å². The third kappa shape index (κ3) is 19.7. The van der Waals surface area contributed by atoms with Crippen molar-refractivity contribution < 1.29 is 43.3 Å². The van der Waals surface area contributed by atoms with Crippen LogP contribution in [0.15, 0.2) is 36.4 Å². The van der Waals surface area contributed by atoms with Gasteiger partial charge in [0.15, 0.2) is 0 Å². The Kier molecular flexibility index (Phi) is 24.2. The number of esters is 1. The maximum absolute atomic E-state index is 13.7. The Labute approximate surface area is 298 Å². The van der Waals surface area contributed by atoms with Gasteiger partial charge in [-0.1, -0.05) is 75.7 Å². The number of methoxy groups -OCH3 is 2. The summed E-state index contributed by atoms with van der Waals surface area (Å²) in [6.07, 6.45) is 13.8. The second-order valence-electron chi connectivity index (χ2n) is 12.2. The van der Waals surface area contributed by atoms with Crippen LogP contribution in [0.2, 0.25) is 0 Å². The van der Waals surface area contributed by atoms with E-state index in [0.717, 1.165) is 38.5 Å². The van der Waals surface area contributed by atoms with E-state index >= 15 is 0 Å². The van der Waals surface area contributed by atoms with Crippen LogP contribution < -0.4 is 15.4 Å². The molecule has 1 aromatic rings. The molecule has 0 aromatic heterocycles. The van der Waals surface area contributed by atoms with Crippen molar-refractivity contribution in [2.45, 2.75) is 110 Å². The zero-order valence-corrected chi connectivity index (χ0v) is 30.4. The van der Waals surface area contributed by atoms with Crippen LogP contribution in [0.25, 0.3) is 0 Å². The number of unbranched alkanes of at least 4 members (excludes halogenated alkanes) is 8. The summed E-state index contributed by atoms with van der Waals surface area (Å²) in [5.74, 6) is 0.593. The van der Waals surface area contributed by atoms with Crippen molar-refractivity contribution >= 4 is 29.5 Å². The molecule has 3 atom stereocenters. The number of Topliss-reactive ketones (excluding diaryl/α,β-unsaturated/α-hetero) is 1. The predicted molar refractivity (Wildman–Crippen MR) is 192 cm³/mol. The third-order valence-electron chi connectivity index (χ3n) is 8.22. The number of hydrogen-bond donors (Lipinski definition) is 3. The number of allylic oxidation sites excluding steroid dienone is 1. The lowest BCUT2D eigenvalue weighted by Crippen LogP contribution is -2.48. The normalized spacial score (nSPS) is 12.6. The Hall–Kier alpha value is -4.17. The lowest BCUT2D eigenvalue weighted by Gasteiger charge is -2.24. The van der Waals surface area contributed by atoms with E-state index in [9.17, 15) is 29.1 Å². The highest BCUT2D eigenvalue weighted by Gasteiger charge is 2.35. The highest BCUT2D eigenvalue weighted by Crippen LogP contribution is 2.21. The van der Waals surface area contributed by atoms with E-state index in [1.807, 2.05) is 0 Å². The summed E-state index contributed by atoms with van der Waals surface area (Å²) in [5, 5.41) is 15.4. The predicted octanol–water partition coefficient (Wildman–Crippen LogP) is 5.59. The fourth-order valence-electron chi connectivity index (χ4n) is 5.32. The number of benzene rings is 1. The van der Waals surface area contributed by atoms with Gasteiger partial charge in [-0.05, 0) is 50.3 Å². The first-order valence-electron chi connectivity index (χ1n) is 17.8. The molecule has 0 spiro atoms. The van der Waals surface area contributed by atoms with E-state index in [0.29, 0.717) is 36.4 Å². The average molecular weight is 699 g/mol. The van der Waals surface area contributed by atoms with E-state index in [1.54, 1.807) is 37.3 Å². The van der Waals surface area contributed by atoms with Crippen molar-refractivity contribution in [3.63, 3.8) is 0 Å². The van der Waals surface area contributed by atoms with Gasteiger partial charge in [0, 0.05) is 39.3 Å². The number of rotatable bonds is 28. The van der Waals surface area contributed by atoms with Crippen molar-refractivity contribution in [1.82, 2.24) is 10.6 Å². The van der Waals surface area contributed by atoms with Crippen molar-refractivity contribution in [2.24, 2.45) is 11.8 Å². The lowest BCUT2D eigenvalue weighted by atomic mass is 9.87. The Morgan fingerprint density at radius 1 is 0.920 bits per heavy atom. The fraction of sp³-hybridized carbons (Fsp3) is 0.615. The molecule has 0 heterocycles. The third-order valence-corrected chi connectivity index (χ3v) is 8.22. The van der Waals surface area contributed by atoms with Gasteiger partial charge in [0.2, 0.25) is 11.8 Å². The quantitative estimate of drug-likeness (QED) is 0.0440. The van der Waals surface area contributed by atoms with Gasteiger partial charge >= 0.3 is 11.9 Å². The topological polar surface area (TPSA) is 157 Å². The monoisotopic (exact) mass is 698 g/mol. The molecule has 3 N–H and O–H groups in total. The Morgan fingerprint density at radius 3 is 2.18 bits per heavy atom. The van der Waals surface area contributed by atoms with Crippen LogP contribution in [0.5, 0.6) is 5.75 Å². The molecule has 0 aliphatic rings. The standard InChI is InChI=1S/C39H58N2O9/c1-5-7-9-12-15-18-31(42)19-16-13-10-11-14-17-20-33(34(38(45)46)29-36(43)40-25-27-48-3)37(44)41-35(39(47)49-4)28-30-21-23-32(24-22-30)50-26-8-6-2/h17,20-24,33-35H,5,7,9-16,18-19,25-29H2,1-4H3,(H,40,43)(H,41,44)(H,45,46)/b20-17+/t33-,34+,35-/m0/s1. The molecular weight excluding hydrogens is 640 g/mol. The van der Waals surface area contributed by atoms with Gasteiger partial charge < -0.3 is 30.0 Å². The van der Waals surface area contributed by atoms with Gasteiger partial charge in [-0.3, -0.25) is 19.2 Å². The molecule has 0 unspecified atom stereocenters. The van der Waals surface area contributed by atoms with E-state index in [4.69, 9.17) is 14.2 Å². The van der Waals surface area contributed by atoms with Crippen molar-refractivity contribution in [3.8, 4) is 17.6 Å². The zero-order chi connectivity index (χ0) is 37.0. The molecule has 1 rings (SSSR count). The summed E-state index contributed by atoms with van der Waals surface area (Å²) in [4.78, 5) is 63.6. The van der Waals surface area contributed by atoms with Crippen molar-refractivity contribution in [2.75, 3.05) is 34.0 Å². The molecule has 2 amide bonds. The Morgan fingerprint density at radius 2 is 1.58 bits per heavy atom. The van der Waals surface area contributed by atoms with Crippen LogP contribution >= 0.6 is 0 Å². The average Bonchev–Trinajstić information content (AvgIpc) is 3.10. The number of nitrogens with one attached hydrogen (secondary N) is 2. The maximum Gasteiger partial charge on any atom is 0.328 e. The van der Waals surface area contributed by atoms with E-state index in [-0.39, 0.29) is 26.2 Å². The van der Waals surface area contributed by atoms with Crippen molar-refractivity contribution in [3.05, 3.63) is 42.0 Å². The largest absolute Gasteiger partial charge is 0.481 e. The number of carboxylic acids is 1. The number of aliphatic carboxylic acids is 1. The number of carbonyl (C=O) groups is 5. The second kappa shape index (κ2) is 27.6. The first-order chi connectivity index (χ1) is 24.2. The highest BCUT2D eigenvalue weighted by molar-refractivity contribution is 5.92. The van der Waals surface area contributed by atoms with Crippen LogP contribution in [0.1, 0.15) is 103 Å². The molecule has 0 radical (unpaired) electrons. The lowest BCUT2D eigenvalue weighted by molar-refractivity contribution is -0.149. The fourth-order valence-corrected chi connectivity index (χ4v) is 5.32. The van der Waals surface area contributed by atoms with Gasteiger partial charge in [0.1, 0.15) is 24.2 Å². The second-order valence-corrected chi connectivity index (χ2v) is 12.2. The van der Waals surface area contributed by atoms with E-state index < -0.39 is 48.1 Å². The van der Waals surface area contributed by atoms with E-state index in [2.05, 4.69) is 29.4 Å². The minimum absolute atomic E-state index is 0.0838. The Bertz CT molecular complexity index is 1250. The molecule has 11 nitrogen and oxygen atoms in total. The van der Waals surface area contributed by atoms with Gasteiger partial charge in [0.25, 0.3) is 0 Å². The molecule has 0 bridgehead atoms.